The molecule has 1 aliphatic rings. The molecule has 9 heteroatoms. The van der Waals surface area contributed by atoms with Crippen LogP contribution in [0.2, 0.25) is 0 Å². The molecule has 1 aliphatic heterocycles. The van der Waals surface area contributed by atoms with Gasteiger partial charge < -0.3 is 10.2 Å². The number of amides is 2. The summed E-state index contributed by atoms with van der Waals surface area (Å²) in [6, 6.07) is 6.00. The van der Waals surface area contributed by atoms with E-state index < -0.39 is 0 Å². The molecule has 1 heterocycles. The molecule has 0 radical (unpaired) electrons. The molecule has 0 spiro atoms. The molecular weight excluding hydrogens is 327 g/mol. The van der Waals surface area contributed by atoms with Gasteiger partial charge in [0.25, 0.3) is 11.1 Å². The van der Waals surface area contributed by atoms with Crippen molar-refractivity contribution in [3.63, 3.8) is 0 Å². The van der Waals surface area contributed by atoms with Gasteiger partial charge in [0, 0.05) is 18.8 Å². The fraction of sp³-hybridized carbons (Fsp3) is 0.308. The van der Waals surface area contributed by atoms with Crippen molar-refractivity contribution in [3.05, 3.63) is 35.6 Å². The van der Waals surface area contributed by atoms with Gasteiger partial charge in [-0.1, -0.05) is 23.9 Å². The number of hydrazine groups is 1. The molecule has 0 bridgehead atoms. The van der Waals surface area contributed by atoms with E-state index >= 15 is 0 Å². The lowest BCUT2D eigenvalue weighted by Crippen LogP contribution is -2.49. The smallest absolute Gasteiger partial charge is 0.282 e. The third-order valence-corrected chi connectivity index (χ3v) is 4.00. The standard InChI is InChI=1S/C13H15FN4O2S2/c14-10-3-1-9(2-4-10)7-15-12(21)17-16-11(19)8-18-5-6-22-13(18)20/h1-4H,5-8H2,(H,16,19)(H2,15,17,21). The van der Waals surface area contributed by atoms with Gasteiger partial charge >= 0.3 is 0 Å². The van der Waals surface area contributed by atoms with Crippen molar-refractivity contribution >= 4 is 40.2 Å². The predicted octanol–water partition coefficient (Wildman–Crippen LogP) is 0.990. The number of hydrogen-bond acceptors (Lipinski definition) is 4. The average Bonchev–Trinajstić information content (AvgIpc) is 2.90. The number of benzene rings is 1. The zero-order chi connectivity index (χ0) is 15.9. The molecule has 0 unspecified atom stereocenters. The van der Waals surface area contributed by atoms with Crippen molar-refractivity contribution in [2.45, 2.75) is 6.54 Å². The molecule has 2 rings (SSSR count). The van der Waals surface area contributed by atoms with Crippen LogP contribution in [0.5, 0.6) is 0 Å². The van der Waals surface area contributed by atoms with Crippen LogP contribution in [0.25, 0.3) is 0 Å². The molecule has 22 heavy (non-hydrogen) atoms. The van der Waals surface area contributed by atoms with Crippen LogP contribution in [0, 0.1) is 5.82 Å². The molecule has 3 N–H and O–H groups in total. The van der Waals surface area contributed by atoms with Crippen molar-refractivity contribution in [3.8, 4) is 0 Å². The van der Waals surface area contributed by atoms with Gasteiger partial charge in [0.1, 0.15) is 12.4 Å². The minimum atomic E-state index is -0.346. The van der Waals surface area contributed by atoms with E-state index in [9.17, 15) is 14.0 Å². The van der Waals surface area contributed by atoms with Gasteiger partial charge in [-0.2, -0.15) is 0 Å². The first-order valence-corrected chi connectivity index (χ1v) is 7.93. The Labute approximate surface area is 136 Å². The summed E-state index contributed by atoms with van der Waals surface area (Å²) in [6.45, 7) is 0.979. The van der Waals surface area contributed by atoms with E-state index in [4.69, 9.17) is 12.2 Å². The summed E-state index contributed by atoms with van der Waals surface area (Å²) in [5.41, 5.74) is 5.83. The third kappa shape index (κ3) is 5.15. The summed E-state index contributed by atoms with van der Waals surface area (Å²) in [7, 11) is 0. The number of carbonyl (C=O) groups excluding carboxylic acids is 2. The fourth-order valence-corrected chi connectivity index (χ4v) is 2.69. The molecule has 6 nitrogen and oxygen atoms in total. The maximum absolute atomic E-state index is 12.8. The minimum absolute atomic E-state index is 0.000587. The lowest BCUT2D eigenvalue weighted by atomic mass is 10.2. The largest absolute Gasteiger partial charge is 0.357 e. The fourth-order valence-electron chi connectivity index (χ4n) is 1.74. The maximum Gasteiger partial charge on any atom is 0.282 e. The summed E-state index contributed by atoms with van der Waals surface area (Å²) >= 11 is 6.21. The molecule has 1 aromatic carbocycles. The summed E-state index contributed by atoms with van der Waals surface area (Å²) in [5, 5.41) is 3.02. The zero-order valence-corrected chi connectivity index (χ0v) is 13.2. The summed E-state index contributed by atoms with van der Waals surface area (Å²) in [5.74, 6) is 0.0603. The average molecular weight is 342 g/mol. The van der Waals surface area contributed by atoms with Crippen LogP contribution in [0.1, 0.15) is 5.56 Å². The molecular formula is C13H15FN4O2S2. The SMILES string of the molecule is O=C(CN1CCSC1=O)NNC(=S)NCc1ccc(F)cc1. The first-order chi connectivity index (χ1) is 10.5. The van der Waals surface area contributed by atoms with Crippen molar-refractivity contribution in [1.82, 2.24) is 21.1 Å². The van der Waals surface area contributed by atoms with Gasteiger partial charge in [0.05, 0.1) is 0 Å². The van der Waals surface area contributed by atoms with Crippen molar-refractivity contribution in [1.29, 1.82) is 0 Å². The second kappa shape index (κ2) is 7.95. The highest BCUT2D eigenvalue weighted by atomic mass is 32.2. The lowest BCUT2D eigenvalue weighted by molar-refractivity contribution is -0.122. The highest BCUT2D eigenvalue weighted by molar-refractivity contribution is 8.13. The van der Waals surface area contributed by atoms with E-state index in [0.29, 0.717) is 18.8 Å². The molecule has 1 aromatic rings. The molecule has 118 valence electrons. The van der Waals surface area contributed by atoms with E-state index in [-0.39, 0.29) is 28.6 Å². The third-order valence-electron chi connectivity index (χ3n) is 2.86. The van der Waals surface area contributed by atoms with Crippen LogP contribution in [0.4, 0.5) is 9.18 Å². The highest BCUT2D eigenvalue weighted by Gasteiger charge is 2.23. The Hall–Kier alpha value is -1.87. The van der Waals surface area contributed by atoms with Gasteiger partial charge in [0.15, 0.2) is 5.11 Å². The lowest BCUT2D eigenvalue weighted by Gasteiger charge is -2.15. The molecule has 0 atom stereocenters. The molecule has 0 aromatic heterocycles. The Kier molecular flexibility index (Phi) is 5.96. The van der Waals surface area contributed by atoms with E-state index in [0.717, 1.165) is 5.56 Å². The summed E-state index contributed by atoms with van der Waals surface area (Å²) in [6.07, 6.45) is 0. The second-order valence-electron chi connectivity index (χ2n) is 4.52. The Morgan fingerprint density at radius 1 is 1.32 bits per heavy atom. The van der Waals surface area contributed by atoms with Gasteiger partial charge in [-0.05, 0) is 29.9 Å². The molecule has 2 amide bonds. The maximum atomic E-state index is 12.8. The number of halogens is 1. The van der Waals surface area contributed by atoms with Gasteiger partial charge in [-0.15, -0.1) is 0 Å². The monoisotopic (exact) mass is 342 g/mol. The van der Waals surface area contributed by atoms with Crippen molar-refractivity contribution in [2.75, 3.05) is 18.8 Å². The van der Waals surface area contributed by atoms with Crippen LogP contribution in [-0.4, -0.2) is 40.0 Å². The first kappa shape index (κ1) is 16.5. The van der Waals surface area contributed by atoms with Crippen LogP contribution in [0.15, 0.2) is 24.3 Å². The van der Waals surface area contributed by atoms with Crippen LogP contribution >= 0.6 is 24.0 Å². The minimum Gasteiger partial charge on any atom is -0.357 e. The zero-order valence-electron chi connectivity index (χ0n) is 11.6. The van der Waals surface area contributed by atoms with Crippen LogP contribution in [0.3, 0.4) is 0 Å². The Bertz CT molecular complexity index is 568. The van der Waals surface area contributed by atoms with Gasteiger partial charge in [0.2, 0.25) is 0 Å². The van der Waals surface area contributed by atoms with Crippen LogP contribution < -0.4 is 16.2 Å². The number of carbonyl (C=O) groups is 2. The molecule has 1 fully saturated rings. The first-order valence-electron chi connectivity index (χ1n) is 6.53. The number of hydrogen-bond donors (Lipinski definition) is 3. The topological polar surface area (TPSA) is 73.5 Å². The number of nitrogens with one attached hydrogen (secondary N) is 3. The van der Waals surface area contributed by atoms with E-state index in [1.54, 1.807) is 12.1 Å². The number of nitrogens with zero attached hydrogens (tertiary/aromatic N) is 1. The van der Waals surface area contributed by atoms with Gasteiger partial charge in [-0.25, -0.2) is 4.39 Å². The second-order valence-corrected chi connectivity index (χ2v) is 5.97. The number of rotatable bonds is 4. The quantitative estimate of drug-likeness (QED) is 0.560. The summed E-state index contributed by atoms with van der Waals surface area (Å²) in [4.78, 5) is 24.5. The molecule has 0 saturated carbocycles. The normalized spacial score (nSPS) is 13.9. The van der Waals surface area contributed by atoms with E-state index in [1.165, 1.54) is 28.8 Å². The predicted molar refractivity (Wildman–Crippen MR) is 86.5 cm³/mol. The Balaban J connectivity index is 1.65. The Morgan fingerprint density at radius 2 is 2.05 bits per heavy atom. The van der Waals surface area contributed by atoms with Crippen molar-refractivity contribution in [2.24, 2.45) is 0 Å². The molecule has 1 saturated heterocycles. The van der Waals surface area contributed by atoms with E-state index in [1.807, 2.05) is 0 Å². The van der Waals surface area contributed by atoms with E-state index in [2.05, 4.69) is 16.2 Å². The summed E-state index contributed by atoms with van der Waals surface area (Å²) < 4.78 is 12.8. The highest BCUT2D eigenvalue weighted by Crippen LogP contribution is 2.16. The van der Waals surface area contributed by atoms with Crippen molar-refractivity contribution < 1.29 is 14.0 Å². The van der Waals surface area contributed by atoms with Gasteiger partial charge in [-0.3, -0.25) is 20.4 Å². The molecule has 0 aliphatic carbocycles. The Morgan fingerprint density at radius 3 is 2.68 bits per heavy atom. The van der Waals surface area contributed by atoms with Crippen LogP contribution in [-0.2, 0) is 11.3 Å². The number of thiocarbonyl (C=S) groups is 1. The number of thioether (sulfide) groups is 1.